The second kappa shape index (κ2) is 7.00. The summed E-state index contributed by atoms with van der Waals surface area (Å²) in [5.41, 5.74) is 3.55. The van der Waals surface area contributed by atoms with Crippen LogP contribution in [0.4, 0.5) is 0 Å². The van der Waals surface area contributed by atoms with Crippen LogP contribution in [0.25, 0.3) is 0 Å². The van der Waals surface area contributed by atoms with E-state index in [1.165, 1.54) is 11.1 Å². The van der Waals surface area contributed by atoms with Gasteiger partial charge in [-0.2, -0.15) is 0 Å². The summed E-state index contributed by atoms with van der Waals surface area (Å²) in [6.45, 7) is 9.72. The molecule has 0 aromatic heterocycles. The summed E-state index contributed by atoms with van der Waals surface area (Å²) in [6.07, 6.45) is 1.36. The van der Waals surface area contributed by atoms with Gasteiger partial charge in [0.25, 0.3) is 0 Å². The van der Waals surface area contributed by atoms with E-state index in [2.05, 4.69) is 37.8 Å². The molecule has 1 unspecified atom stereocenters. The minimum Gasteiger partial charge on any atom is -0.368 e. The number of rotatable bonds is 5. The molecule has 20 heavy (non-hydrogen) atoms. The van der Waals surface area contributed by atoms with Gasteiger partial charge in [0, 0.05) is 19.5 Å². The SMILES string of the molecule is CCCN1CCOC(C(=O)Cc2c(C)cccc2C)C1. The number of carbonyl (C=O) groups excluding carboxylic acids is 1. The number of hydrogen-bond acceptors (Lipinski definition) is 3. The summed E-state index contributed by atoms with van der Waals surface area (Å²) >= 11 is 0. The first-order valence-electron chi connectivity index (χ1n) is 7.53. The van der Waals surface area contributed by atoms with Crippen LogP contribution < -0.4 is 0 Å². The predicted molar refractivity (Wildman–Crippen MR) is 81.1 cm³/mol. The van der Waals surface area contributed by atoms with Gasteiger partial charge in [0.2, 0.25) is 0 Å². The molecule has 1 atom stereocenters. The van der Waals surface area contributed by atoms with E-state index in [4.69, 9.17) is 4.74 Å². The Hall–Kier alpha value is -1.19. The van der Waals surface area contributed by atoms with Crippen molar-refractivity contribution in [2.45, 2.75) is 39.7 Å². The minimum atomic E-state index is -0.255. The summed E-state index contributed by atoms with van der Waals surface area (Å²) in [6, 6.07) is 6.18. The average molecular weight is 275 g/mol. The molecular weight excluding hydrogens is 250 g/mol. The lowest BCUT2D eigenvalue weighted by molar-refractivity contribution is -0.135. The van der Waals surface area contributed by atoms with Crippen LogP contribution in [0.5, 0.6) is 0 Å². The highest BCUT2D eigenvalue weighted by Gasteiger charge is 2.26. The van der Waals surface area contributed by atoms with Crippen molar-refractivity contribution in [1.29, 1.82) is 0 Å². The van der Waals surface area contributed by atoms with Gasteiger partial charge in [0.05, 0.1) is 6.61 Å². The number of morpholine rings is 1. The Morgan fingerprint density at radius 3 is 2.70 bits per heavy atom. The Morgan fingerprint density at radius 2 is 2.05 bits per heavy atom. The molecule has 0 saturated carbocycles. The van der Waals surface area contributed by atoms with E-state index in [0.29, 0.717) is 13.0 Å². The first-order valence-corrected chi connectivity index (χ1v) is 7.53. The van der Waals surface area contributed by atoms with Crippen LogP contribution in [-0.4, -0.2) is 43.0 Å². The summed E-state index contributed by atoms with van der Waals surface area (Å²) in [7, 11) is 0. The maximum atomic E-state index is 12.5. The fourth-order valence-corrected chi connectivity index (χ4v) is 2.83. The van der Waals surface area contributed by atoms with Crippen molar-refractivity contribution >= 4 is 5.78 Å². The standard InChI is InChI=1S/C17H25NO2/c1-4-8-18-9-10-20-17(12-18)16(19)11-15-13(2)6-5-7-14(15)3/h5-7,17H,4,8-12H2,1-3H3. The van der Waals surface area contributed by atoms with Crippen molar-refractivity contribution in [2.75, 3.05) is 26.2 Å². The number of nitrogens with zero attached hydrogens (tertiary/aromatic N) is 1. The number of hydrogen-bond donors (Lipinski definition) is 0. The molecule has 1 heterocycles. The summed E-state index contributed by atoms with van der Waals surface area (Å²) in [5, 5.41) is 0. The third kappa shape index (κ3) is 3.68. The molecule has 1 fully saturated rings. The van der Waals surface area contributed by atoms with Gasteiger partial charge in [-0.3, -0.25) is 9.69 Å². The first-order chi connectivity index (χ1) is 9.61. The van der Waals surface area contributed by atoms with Gasteiger partial charge in [-0.05, 0) is 43.5 Å². The maximum absolute atomic E-state index is 12.5. The number of ketones is 1. The Labute approximate surface area is 121 Å². The fourth-order valence-electron chi connectivity index (χ4n) is 2.83. The van der Waals surface area contributed by atoms with Crippen molar-refractivity contribution in [3.8, 4) is 0 Å². The first kappa shape index (κ1) is 15.2. The van der Waals surface area contributed by atoms with E-state index in [1.807, 2.05) is 6.07 Å². The molecule has 1 aromatic carbocycles. The molecule has 0 amide bonds. The van der Waals surface area contributed by atoms with Crippen LogP contribution >= 0.6 is 0 Å². The predicted octanol–water partition coefficient (Wildman–Crippen LogP) is 2.53. The number of aryl methyl sites for hydroxylation is 2. The van der Waals surface area contributed by atoms with Crippen LogP contribution in [0, 0.1) is 13.8 Å². The van der Waals surface area contributed by atoms with E-state index in [-0.39, 0.29) is 11.9 Å². The third-order valence-corrected chi connectivity index (χ3v) is 4.04. The van der Waals surface area contributed by atoms with Crippen LogP contribution in [0.15, 0.2) is 18.2 Å². The molecule has 0 bridgehead atoms. The highest BCUT2D eigenvalue weighted by Crippen LogP contribution is 2.16. The second-order valence-electron chi connectivity index (χ2n) is 5.67. The van der Waals surface area contributed by atoms with Gasteiger partial charge in [0.1, 0.15) is 6.10 Å². The quantitative estimate of drug-likeness (QED) is 0.827. The molecule has 1 saturated heterocycles. The van der Waals surface area contributed by atoms with Crippen LogP contribution in [0.2, 0.25) is 0 Å². The zero-order chi connectivity index (χ0) is 14.5. The van der Waals surface area contributed by atoms with E-state index < -0.39 is 0 Å². The number of Topliss-reactive ketones (excluding diaryl/α,β-unsaturated/α-hetero) is 1. The van der Waals surface area contributed by atoms with Gasteiger partial charge >= 0.3 is 0 Å². The molecule has 1 aliphatic rings. The molecular formula is C17H25NO2. The summed E-state index contributed by atoms with van der Waals surface area (Å²) in [5.74, 6) is 0.211. The van der Waals surface area contributed by atoms with Gasteiger partial charge in [-0.25, -0.2) is 0 Å². The van der Waals surface area contributed by atoms with E-state index >= 15 is 0 Å². The largest absolute Gasteiger partial charge is 0.368 e. The zero-order valence-corrected chi connectivity index (χ0v) is 12.8. The van der Waals surface area contributed by atoms with E-state index in [1.54, 1.807) is 0 Å². The molecule has 3 nitrogen and oxygen atoms in total. The van der Waals surface area contributed by atoms with Crippen LogP contribution in [0.1, 0.15) is 30.0 Å². The number of carbonyl (C=O) groups is 1. The summed E-state index contributed by atoms with van der Waals surface area (Å²) in [4.78, 5) is 14.8. The number of benzene rings is 1. The van der Waals surface area contributed by atoms with Gasteiger partial charge in [0.15, 0.2) is 5.78 Å². The average Bonchev–Trinajstić information content (AvgIpc) is 2.43. The van der Waals surface area contributed by atoms with Crippen molar-refractivity contribution in [1.82, 2.24) is 4.90 Å². The highest BCUT2D eigenvalue weighted by atomic mass is 16.5. The van der Waals surface area contributed by atoms with Gasteiger partial charge in [-0.15, -0.1) is 0 Å². The molecule has 1 aromatic rings. The molecule has 0 spiro atoms. The van der Waals surface area contributed by atoms with Crippen molar-refractivity contribution in [3.05, 3.63) is 34.9 Å². The Bertz CT molecular complexity index is 448. The monoisotopic (exact) mass is 275 g/mol. The topological polar surface area (TPSA) is 29.5 Å². The molecule has 0 radical (unpaired) electrons. The molecule has 110 valence electrons. The van der Waals surface area contributed by atoms with Gasteiger partial charge < -0.3 is 4.74 Å². The van der Waals surface area contributed by atoms with Crippen LogP contribution in [-0.2, 0) is 16.0 Å². The van der Waals surface area contributed by atoms with E-state index in [9.17, 15) is 4.79 Å². The summed E-state index contributed by atoms with van der Waals surface area (Å²) < 4.78 is 5.68. The third-order valence-electron chi connectivity index (χ3n) is 4.04. The van der Waals surface area contributed by atoms with Crippen molar-refractivity contribution in [3.63, 3.8) is 0 Å². The molecule has 2 rings (SSSR count). The van der Waals surface area contributed by atoms with Crippen molar-refractivity contribution < 1.29 is 9.53 Å². The number of ether oxygens (including phenoxy) is 1. The lowest BCUT2D eigenvalue weighted by Crippen LogP contribution is -2.46. The Kier molecular flexibility index (Phi) is 5.32. The smallest absolute Gasteiger partial charge is 0.167 e. The molecule has 1 aliphatic heterocycles. The normalized spacial score (nSPS) is 20.1. The van der Waals surface area contributed by atoms with E-state index in [0.717, 1.165) is 31.6 Å². The molecule has 0 N–H and O–H groups in total. The Balaban J connectivity index is 2.01. The lowest BCUT2D eigenvalue weighted by Gasteiger charge is -2.32. The minimum absolute atomic E-state index is 0.211. The fraction of sp³-hybridized carbons (Fsp3) is 0.588. The zero-order valence-electron chi connectivity index (χ0n) is 12.8. The molecule has 3 heteroatoms. The molecule has 0 aliphatic carbocycles. The van der Waals surface area contributed by atoms with Gasteiger partial charge in [-0.1, -0.05) is 25.1 Å². The maximum Gasteiger partial charge on any atom is 0.167 e. The second-order valence-corrected chi connectivity index (χ2v) is 5.67. The van der Waals surface area contributed by atoms with Crippen molar-refractivity contribution in [2.24, 2.45) is 0 Å². The lowest BCUT2D eigenvalue weighted by atomic mass is 9.96. The highest BCUT2D eigenvalue weighted by molar-refractivity contribution is 5.86. The Morgan fingerprint density at radius 1 is 1.35 bits per heavy atom. The van der Waals surface area contributed by atoms with Crippen LogP contribution in [0.3, 0.4) is 0 Å².